The first-order valence-electron chi connectivity index (χ1n) is 6.36. The van der Waals surface area contributed by atoms with E-state index in [4.69, 9.17) is 0 Å². The summed E-state index contributed by atoms with van der Waals surface area (Å²) in [6.45, 7) is 2.42. The standard InChI is InChI=1S/C17H18/c1-17(11-14-7-3-2-4-8-14)12-15-9-5-6-10-16(15)13-17/h2-10H,11-13H2,1H3. The fourth-order valence-corrected chi connectivity index (χ4v) is 3.10. The smallest absolute Gasteiger partial charge is 0.0204 e. The zero-order chi connectivity index (χ0) is 11.7. The fraction of sp³-hybridized carbons (Fsp3) is 0.294. The third-order valence-electron chi connectivity index (χ3n) is 3.83. The lowest BCUT2D eigenvalue weighted by Gasteiger charge is -2.23. The van der Waals surface area contributed by atoms with E-state index in [9.17, 15) is 0 Å². The molecule has 0 aliphatic heterocycles. The molecule has 0 spiro atoms. The van der Waals surface area contributed by atoms with Gasteiger partial charge in [-0.2, -0.15) is 0 Å². The topological polar surface area (TPSA) is 0 Å². The van der Waals surface area contributed by atoms with E-state index in [0.717, 1.165) is 0 Å². The molecule has 86 valence electrons. The molecule has 0 heterocycles. The molecule has 2 aromatic rings. The van der Waals surface area contributed by atoms with E-state index in [0.29, 0.717) is 5.41 Å². The molecule has 1 aliphatic carbocycles. The molecule has 0 N–H and O–H groups in total. The lowest BCUT2D eigenvalue weighted by Crippen LogP contribution is -2.19. The maximum absolute atomic E-state index is 2.42. The molecular formula is C17H18. The summed E-state index contributed by atoms with van der Waals surface area (Å²) in [5.74, 6) is 0. The second-order valence-corrected chi connectivity index (χ2v) is 5.60. The van der Waals surface area contributed by atoms with Crippen LogP contribution in [0.15, 0.2) is 54.6 Å². The number of rotatable bonds is 2. The Balaban J connectivity index is 1.82. The number of hydrogen-bond acceptors (Lipinski definition) is 0. The molecule has 0 bridgehead atoms. The predicted molar refractivity (Wildman–Crippen MR) is 72.1 cm³/mol. The fourth-order valence-electron chi connectivity index (χ4n) is 3.10. The molecule has 0 saturated carbocycles. The molecule has 0 saturated heterocycles. The van der Waals surface area contributed by atoms with E-state index < -0.39 is 0 Å². The molecule has 0 radical (unpaired) electrons. The normalized spacial score (nSPS) is 16.8. The Labute approximate surface area is 103 Å². The van der Waals surface area contributed by atoms with Crippen molar-refractivity contribution >= 4 is 0 Å². The van der Waals surface area contributed by atoms with Crippen LogP contribution in [0.4, 0.5) is 0 Å². The molecular weight excluding hydrogens is 204 g/mol. The molecule has 0 heteroatoms. The summed E-state index contributed by atoms with van der Waals surface area (Å²) in [4.78, 5) is 0. The Hall–Kier alpha value is -1.56. The highest BCUT2D eigenvalue weighted by Gasteiger charge is 2.32. The average Bonchev–Trinajstić information content (AvgIpc) is 2.66. The van der Waals surface area contributed by atoms with Gasteiger partial charge in [-0.1, -0.05) is 61.5 Å². The van der Waals surface area contributed by atoms with Gasteiger partial charge in [0, 0.05) is 0 Å². The first kappa shape index (κ1) is 10.6. The highest BCUT2D eigenvalue weighted by Crippen LogP contribution is 2.39. The summed E-state index contributed by atoms with van der Waals surface area (Å²) in [5.41, 5.74) is 4.96. The van der Waals surface area contributed by atoms with Gasteiger partial charge >= 0.3 is 0 Å². The molecule has 1 aliphatic rings. The van der Waals surface area contributed by atoms with Gasteiger partial charge in [0.1, 0.15) is 0 Å². The van der Waals surface area contributed by atoms with E-state index in [1.807, 2.05) is 0 Å². The SMILES string of the molecule is CC1(Cc2ccccc2)Cc2ccccc2C1. The highest BCUT2D eigenvalue weighted by atomic mass is 14.4. The minimum Gasteiger partial charge on any atom is -0.0622 e. The van der Waals surface area contributed by atoms with Crippen LogP contribution >= 0.6 is 0 Å². The molecule has 17 heavy (non-hydrogen) atoms. The van der Waals surface area contributed by atoms with E-state index in [1.54, 1.807) is 11.1 Å². The number of hydrogen-bond donors (Lipinski definition) is 0. The Kier molecular flexibility index (Phi) is 2.51. The molecule has 0 amide bonds. The van der Waals surface area contributed by atoms with Gasteiger partial charge in [-0.15, -0.1) is 0 Å². The Bertz CT molecular complexity index is 486. The van der Waals surface area contributed by atoms with Crippen LogP contribution < -0.4 is 0 Å². The van der Waals surface area contributed by atoms with Crippen molar-refractivity contribution in [2.75, 3.05) is 0 Å². The first-order valence-corrected chi connectivity index (χ1v) is 6.36. The molecule has 0 unspecified atom stereocenters. The van der Waals surface area contributed by atoms with Gasteiger partial charge in [0.2, 0.25) is 0 Å². The Morgan fingerprint density at radius 3 is 1.94 bits per heavy atom. The zero-order valence-corrected chi connectivity index (χ0v) is 10.3. The molecule has 3 rings (SSSR count). The van der Waals surface area contributed by atoms with Crippen LogP contribution in [-0.4, -0.2) is 0 Å². The van der Waals surface area contributed by atoms with Gasteiger partial charge in [-0.05, 0) is 41.4 Å². The third kappa shape index (κ3) is 2.12. The highest BCUT2D eigenvalue weighted by molar-refractivity contribution is 5.35. The van der Waals surface area contributed by atoms with Crippen molar-refractivity contribution in [3.63, 3.8) is 0 Å². The molecule has 0 fully saturated rings. The average molecular weight is 222 g/mol. The largest absolute Gasteiger partial charge is 0.0622 e. The summed E-state index contributed by atoms with van der Waals surface area (Å²) >= 11 is 0. The Morgan fingerprint density at radius 2 is 1.35 bits per heavy atom. The minimum absolute atomic E-state index is 0.408. The summed E-state index contributed by atoms with van der Waals surface area (Å²) in [7, 11) is 0. The van der Waals surface area contributed by atoms with Gasteiger partial charge in [-0.25, -0.2) is 0 Å². The van der Waals surface area contributed by atoms with Crippen molar-refractivity contribution < 1.29 is 0 Å². The first-order chi connectivity index (χ1) is 8.25. The third-order valence-corrected chi connectivity index (χ3v) is 3.83. The molecule has 0 aromatic heterocycles. The van der Waals surface area contributed by atoms with Gasteiger partial charge in [0.25, 0.3) is 0 Å². The van der Waals surface area contributed by atoms with Crippen molar-refractivity contribution in [3.05, 3.63) is 71.3 Å². The van der Waals surface area contributed by atoms with Crippen LogP contribution in [-0.2, 0) is 19.3 Å². The van der Waals surface area contributed by atoms with Crippen LogP contribution in [0, 0.1) is 5.41 Å². The maximum Gasteiger partial charge on any atom is -0.0204 e. The lowest BCUT2D eigenvalue weighted by atomic mass is 9.81. The van der Waals surface area contributed by atoms with Crippen molar-refractivity contribution in [1.29, 1.82) is 0 Å². The minimum atomic E-state index is 0.408. The monoisotopic (exact) mass is 222 g/mol. The van der Waals surface area contributed by atoms with Crippen molar-refractivity contribution in [2.24, 2.45) is 5.41 Å². The summed E-state index contributed by atoms with van der Waals surface area (Å²) in [6.07, 6.45) is 3.62. The second kappa shape index (κ2) is 4.03. The van der Waals surface area contributed by atoms with E-state index in [1.165, 1.54) is 24.8 Å². The summed E-state index contributed by atoms with van der Waals surface area (Å²) in [5, 5.41) is 0. The lowest BCUT2D eigenvalue weighted by molar-refractivity contribution is 0.343. The summed E-state index contributed by atoms with van der Waals surface area (Å²) in [6, 6.07) is 19.7. The van der Waals surface area contributed by atoms with Crippen LogP contribution in [0.25, 0.3) is 0 Å². The van der Waals surface area contributed by atoms with Gasteiger partial charge in [0.15, 0.2) is 0 Å². The van der Waals surface area contributed by atoms with Crippen LogP contribution in [0.3, 0.4) is 0 Å². The van der Waals surface area contributed by atoms with Gasteiger partial charge in [0.05, 0.1) is 0 Å². The van der Waals surface area contributed by atoms with Gasteiger partial charge in [-0.3, -0.25) is 0 Å². The van der Waals surface area contributed by atoms with E-state index in [2.05, 4.69) is 61.5 Å². The van der Waals surface area contributed by atoms with Crippen LogP contribution in [0.1, 0.15) is 23.6 Å². The number of fused-ring (bicyclic) bond motifs is 1. The maximum atomic E-state index is 2.42. The molecule has 0 atom stereocenters. The van der Waals surface area contributed by atoms with E-state index >= 15 is 0 Å². The van der Waals surface area contributed by atoms with Crippen molar-refractivity contribution in [3.8, 4) is 0 Å². The Morgan fingerprint density at radius 1 is 0.824 bits per heavy atom. The second-order valence-electron chi connectivity index (χ2n) is 5.60. The number of benzene rings is 2. The zero-order valence-electron chi connectivity index (χ0n) is 10.3. The van der Waals surface area contributed by atoms with Crippen molar-refractivity contribution in [2.45, 2.75) is 26.2 Å². The molecule has 2 aromatic carbocycles. The predicted octanol–water partition coefficient (Wildman–Crippen LogP) is 4.03. The summed E-state index contributed by atoms with van der Waals surface area (Å²) < 4.78 is 0. The molecule has 0 nitrogen and oxygen atoms in total. The van der Waals surface area contributed by atoms with Crippen molar-refractivity contribution in [1.82, 2.24) is 0 Å². The van der Waals surface area contributed by atoms with Crippen LogP contribution in [0.2, 0.25) is 0 Å². The van der Waals surface area contributed by atoms with E-state index in [-0.39, 0.29) is 0 Å². The van der Waals surface area contributed by atoms with Crippen LogP contribution in [0.5, 0.6) is 0 Å². The van der Waals surface area contributed by atoms with Gasteiger partial charge < -0.3 is 0 Å². The quantitative estimate of drug-likeness (QED) is 0.719.